The lowest BCUT2D eigenvalue weighted by atomic mass is 9.79. The van der Waals surface area contributed by atoms with Crippen LogP contribution in [-0.4, -0.2) is 38.5 Å². The van der Waals surface area contributed by atoms with Crippen molar-refractivity contribution < 1.29 is 35.1 Å². The van der Waals surface area contributed by atoms with Gasteiger partial charge in [-0.25, -0.2) is 0 Å². The number of aromatic hydroxyl groups is 3. The third-order valence-corrected chi connectivity index (χ3v) is 9.83. The lowest BCUT2D eigenvalue weighted by Crippen LogP contribution is -2.14. The maximum Gasteiger partial charge on any atom is 0.200 e. The first-order chi connectivity index (χ1) is 24.2. The van der Waals surface area contributed by atoms with E-state index in [9.17, 15) is 30.6 Å². The smallest absolute Gasteiger partial charge is 0.200 e. The highest BCUT2D eigenvalue weighted by Gasteiger charge is 2.34. The predicted molar refractivity (Wildman–Crippen MR) is 205 cm³/mol. The van der Waals surface area contributed by atoms with Crippen molar-refractivity contribution in [1.82, 2.24) is 0 Å². The molecule has 0 saturated heterocycles. The summed E-state index contributed by atoms with van der Waals surface area (Å²) in [6, 6.07) is 26.1. The molecule has 1 heterocycles. The van der Waals surface area contributed by atoms with Crippen LogP contribution in [-0.2, 0) is 0 Å². The Hall–Kier alpha value is -6.54. The molecule has 0 unspecified atom stereocenters. The van der Waals surface area contributed by atoms with Crippen LogP contribution in [0, 0.1) is 0 Å². The zero-order valence-corrected chi connectivity index (χ0v) is 27.2. The van der Waals surface area contributed by atoms with Crippen LogP contribution in [0.25, 0.3) is 83.9 Å². The number of phenolic OH excluding ortho intramolecular Hbond substituents is 3. The van der Waals surface area contributed by atoms with E-state index in [1.807, 2.05) is 67.6 Å². The molecular formula is C42H31BO7. The Morgan fingerprint density at radius 2 is 1.36 bits per heavy atom. The second kappa shape index (κ2) is 11.3. The molecule has 50 heavy (non-hydrogen) atoms. The molecule has 1 aromatic heterocycles. The molecular weight excluding hydrogens is 627 g/mol. The number of aliphatic hydroxyl groups excluding tert-OH is 3. The summed E-state index contributed by atoms with van der Waals surface area (Å²) in [5.74, 6) is -4.05. The van der Waals surface area contributed by atoms with E-state index in [0.717, 1.165) is 60.2 Å². The number of rotatable bonds is 4. The van der Waals surface area contributed by atoms with Crippen LogP contribution < -0.4 is 5.46 Å². The molecule has 244 valence electrons. The molecule has 6 aromatic carbocycles. The van der Waals surface area contributed by atoms with Gasteiger partial charge in [-0.1, -0.05) is 91.5 Å². The lowest BCUT2D eigenvalue weighted by Gasteiger charge is -2.23. The average Bonchev–Trinajstić information content (AvgIpc) is 3.49. The number of aliphatic hydroxyl groups is 3. The Bertz CT molecular complexity index is 2730. The highest BCUT2D eigenvalue weighted by molar-refractivity contribution is 6.38. The van der Waals surface area contributed by atoms with Gasteiger partial charge in [0.15, 0.2) is 23.0 Å². The van der Waals surface area contributed by atoms with E-state index in [4.69, 9.17) is 4.42 Å². The number of benzene rings is 6. The molecule has 0 aliphatic heterocycles. The third kappa shape index (κ3) is 4.18. The SMILES string of the molecule is Bc1c(O)c(O)c(O)c2c1C(O)=C(c1c(C=C)c(/C=C\C)c(-c3cccc4oc5c6ccccc6ccc5c34)c3ccccc13)CC(O)=C2O. The number of phenols is 3. The standard InChI is InChI=1S/C42H31BO7/c1-3-10-23-21(4-2)31(28-19-29(44)38(46)35-34(37(28)45)36(43)40(48)41(49)39(35)47)24-13-7-8-14-25(24)32(23)26-15-9-16-30-33(26)27-18-17-20-11-5-6-12-22(20)42(27)50-30/h3-18,44-49H,2,19,43H2,1H3/b10-3-. The van der Waals surface area contributed by atoms with Gasteiger partial charge in [0.05, 0.1) is 5.56 Å². The van der Waals surface area contributed by atoms with Crippen LogP contribution in [0.5, 0.6) is 17.2 Å². The van der Waals surface area contributed by atoms with E-state index in [-0.39, 0.29) is 34.3 Å². The molecule has 0 atom stereocenters. The second-order valence-electron chi connectivity index (χ2n) is 12.5. The molecule has 8 heteroatoms. The number of fused-ring (bicyclic) bond motifs is 7. The van der Waals surface area contributed by atoms with Crippen molar-refractivity contribution in [3.8, 4) is 28.4 Å². The van der Waals surface area contributed by atoms with Gasteiger partial charge in [0.2, 0.25) is 0 Å². The first-order valence-corrected chi connectivity index (χ1v) is 16.2. The minimum Gasteiger partial charge on any atom is -0.508 e. The van der Waals surface area contributed by atoms with Crippen molar-refractivity contribution in [1.29, 1.82) is 0 Å². The van der Waals surface area contributed by atoms with E-state index >= 15 is 0 Å². The number of hydrogen-bond donors (Lipinski definition) is 6. The van der Waals surface area contributed by atoms with Gasteiger partial charge >= 0.3 is 0 Å². The van der Waals surface area contributed by atoms with Crippen molar-refractivity contribution in [2.75, 3.05) is 0 Å². The summed E-state index contributed by atoms with van der Waals surface area (Å²) >= 11 is 0. The topological polar surface area (TPSA) is 135 Å². The minimum absolute atomic E-state index is 0.00680. The van der Waals surface area contributed by atoms with Gasteiger partial charge in [0.25, 0.3) is 0 Å². The van der Waals surface area contributed by atoms with Crippen LogP contribution in [0.2, 0.25) is 0 Å². The number of furan rings is 1. The van der Waals surface area contributed by atoms with Gasteiger partial charge in [0.1, 0.15) is 30.5 Å². The van der Waals surface area contributed by atoms with E-state index in [0.29, 0.717) is 11.1 Å². The Morgan fingerprint density at radius 3 is 2.08 bits per heavy atom. The molecule has 1 aliphatic rings. The quantitative estimate of drug-likeness (QED) is 0.0820. The van der Waals surface area contributed by atoms with E-state index in [2.05, 4.69) is 36.9 Å². The molecule has 8 rings (SSSR count). The van der Waals surface area contributed by atoms with Gasteiger partial charge in [-0.3, -0.25) is 0 Å². The van der Waals surface area contributed by atoms with Crippen molar-refractivity contribution >= 4 is 86.0 Å². The fraction of sp³-hybridized carbons (Fsp3) is 0.0476. The van der Waals surface area contributed by atoms with Crippen molar-refractivity contribution in [3.05, 3.63) is 125 Å². The van der Waals surface area contributed by atoms with Crippen LogP contribution in [0.3, 0.4) is 0 Å². The Balaban J connectivity index is 1.53. The summed E-state index contributed by atoms with van der Waals surface area (Å²) in [4.78, 5) is 0. The fourth-order valence-corrected chi connectivity index (χ4v) is 7.60. The molecule has 6 N–H and O–H groups in total. The Labute approximate surface area is 287 Å². The van der Waals surface area contributed by atoms with E-state index in [1.54, 1.807) is 6.08 Å². The molecule has 0 saturated carbocycles. The summed E-state index contributed by atoms with van der Waals surface area (Å²) < 4.78 is 6.54. The average molecular weight is 659 g/mol. The Kier molecular flexibility index (Phi) is 6.94. The third-order valence-electron chi connectivity index (χ3n) is 9.83. The fourth-order valence-electron chi connectivity index (χ4n) is 7.60. The molecule has 7 nitrogen and oxygen atoms in total. The van der Waals surface area contributed by atoms with E-state index in [1.165, 1.54) is 7.85 Å². The molecule has 0 amide bonds. The van der Waals surface area contributed by atoms with Crippen molar-refractivity contribution in [3.63, 3.8) is 0 Å². The highest BCUT2D eigenvalue weighted by Crippen LogP contribution is 2.51. The van der Waals surface area contributed by atoms with Gasteiger partial charge < -0.3 is 35.1 Å². The van der Waals surface area contributed by atoms with Crippen LogP contribution >= 0.6 is 0 Å². The highest BCUT2D eigenvalue weighted by atomic mass is 16.3. The molecule has 0 fully saturated rings. The largest absolute Gasteiger partial charge is 0.508 e. The normalized spacial score (nSPS) is 13.6. The van der Waals surface area contributed by atoms with Crippen molar-refractivity contribution in [2.45, 2.75) is 13.3 Å². The first-order valence-electron chi connectivity index (χ1n) is 16.2. The van der Waals surface area contributed by atoms with Gasteiger partial charge in [0, 0.05) is 33.7 Å². The molecule has 0 bridgehead atoms. The minimum atomic E-state index is -0.872. The second-order valence-corrected chi connectivity index (χ2v) is 12.5. The molecule has 0 spiro atoms. The van der Waals surface area contributed by atoms with Gasteiger partial charge in [-0.2, -0.15) is 0 Å². The monoisotopic (exact) mass is 658 g/mol. The molecule has 7 aromatic rings. The summed E-state index contributed by atoms with van der Waals surface area (Å²) in [7, 11) is 1.44. The predicted octanol–water partition coefficient (Wildman–Crippen LogP) is 9.23. The zero-order chi connectivity index (χ0) is 35.0. The maximum atomic E-state index is 12.1. The lowest BCUT2D eigenvalue weighted by molar-refractivity contribution is 0.358. The maximum absolute atomic E-state index is 12.1. The summed E-state index contributed by atoms with van der Waals surface area (Å²) in [6.07, 6.45) is 5.28. The number of allylic oxidation sites excluding steroid dienone is 2. The van der Waals surface area contributed by atoms with Crippen LogP contribution in [0.1, 0.15) is 41.2 Å². The van der Waals surface area contributed by atoms with Gasteiger partial charge in [-0.15, -0.1) is 0 Å². The zero-order valence-electron chi connectivity index (χ0n) is 27.2. The summed E-state index contributed by atoms with van der Waals surface area (Å²) in [6.45, 7) is 6.11. The van der Waals surface area contributed by atoms with E-state index < -0.39 is 28.8 Å². The van der Waals surface area contributed by atoms with Crippen molar-refractivity contribution in [2.24, 2.45) is 0 Å². The number of hydrogen-bond acceptors (Lipinski definition) is 7. The van der Waals surface area contributed by atoms with Crippen LogP contribution in [0.15, 0.2) is 102 Å². The van der Waals surface area contributed by atoms with Crippen LogP contribution in [0.4, 0.5) is 0 Å². The molecule has 1 aliphatic carbocycles. The summed E-state index contributed by atoms with van der Waals surface area (Å²) in [5.41, 5.74) is 5.08. The Morgan fingerprint density at radius 1 is 0.660 bits per heavy atom. The summed E-state index contributed by atoms with van der Waals surface area (Å²) in [5, 5.41) is 71.9. The first kappa shape index (κ1) is 30.8. The van der Waals surface area contributed by atoms with Gasteiger partial charge in [-0.05, 0) is 68.5 Å². The molecule has 0 radical (unpaired) electrons.